The molecule has 1 rings (SSSR count). The van der Waals surface area contributed by atoms with Gasteiger partial charge >= 0.3 is 0 Å². The molecule has 5 heteroatoms. The molecule has 0 amide bonds. The van der Waals surface area contributed by atoms with Gasteiger partial charge in [-0.2, -0.15) is 5.26 Å². The topological polar surface area (TPSA) is 45.0 Å². The third-order valence-electron chi connectivity index (χ3n) is 2.23. The van der Waals surface area contributed by atoms with Gasteiger partial charge in [0.1, 0.15) is 6.07 Å². The standard InChI is InChI=1S/C13H14BrFN2O/c1-2-3-7-18-8-6-17-11-5-4-10(9-16)12(14)13(11)15/h2,4-5,17H,1,3,6-8H2. The van der Waals surface area contributed by atoms with E-state index in [0.29, 0.717) is 25.4 Å². The van der Waals surface area contributed by atoms with Crippen molar-refractivity contribution in [2.45, 2.75) is 6.42 Å². The minimum Gasteiger partial charge on any atom is -0.380 e. The van der Waals surface area contributed by atoms with Crippen LogP contribution in [0.3, 0.4) is 0 Å². The molecule has 3 nitrogen and oxygen atoms in total. The molecule has 0 unspecified atom stereocenters. The number of hydrogen-bond acceptors (Lipinski definition) is 3. The Morgan fingerprint density at radius 1 is 1.50 bits per heavy atom. The summed E-state index contributed by atoms with van der Waals surface area (Å²) in [5.41, 5.74) is 0.633. The average molecular weight is 313 g/mol. The van der Waals surface area contributed by atoms with Crippen molar-refractivity contribution in [2.24, 2.45) is 0 Å². The van der Waals surface area contributed by atoms with Gasteiger partial charge in [0, 0.05) is 6.54 Å². The van der Waals surface area contributed by atoms with Crippen LogP contribution in [0.2, 0.25) is 0 Å². The van der Waals surface area contributed by atoms with Gasteiger partial charge in [-0.1, -0.05) is 6.08 Å². The van der Waals surface area contributed by atoms with E-state index in [2.05, 4.69) is 27.8 Å². The predicted octanol–water partition coefficient (Wildman–Crippen LogP) is 3.46. The first-order chi connectivity index (χ1) is 8.70. The Morgan fingerprint density at radius 2 is 2.28 bits per heavy atom. The Hall–Kier alpha value is -1.38. The van der Waals surface area contributed by atoms with E-state index in [0.717, 1.165) is 6.42 Å². The van der Waals surface area contributed by atoms with Crippen molar-refractivity contribution in [1.29, 1.82) is 5.26 Å². The van der Waals surface area contributed by atoms with Gasteiger partial charge in [0.15, 0.2) is 5.82 Å². The molecule has 0 radical (unpaired) electrons. The van der Waals surface area contributed by atoms with Gasteiger partial charge in [0.2, 0.25) is 0 Å². The van der Waals surface area contributed by atoms with Gasteiger partial charge < -0.3 is 10.1 Å². The number of rotatable bonds is 7. The molecule has 0 aliphatic rings. The number of nitriles is 1. The van der Waals surface area contributed by atoms with Crippen LogP contribution in [0.25, 0.3) is 0 Å². The van der Waals surface area contributed by atoms with Crippen molar-refractivity contribution in [3.05, 3.63) is 40.6 Å². The van der Waals surface area contributed by atoms with E-state index in [4.69, 9.17) is 10.00 Å². The molecule has 1 N–H and O–H groups in total. The summed E-state index contributed by atoms with van der Waals surface area (Å²) in [7, 11) is 0. The van der Waals surface area contributed by atoms with Crippen LogP contribution in [0.15, 0.2) is 29.3 Å². The summed E-state index contributed by atoms with van der Waals surface area (Å²) in [6.07, 6.45) is 2.58. The summed E-state index contributed by atoms with van der Waals surface area (Å²) in [6.45, 7) is 5.20. The van der Waals surface area contributed by atoms with Crippen LogP contribution in [-0.2, 0) is 4.74 Å². The molecule has 96 valence electrons. The van der Waals surface area contributed by atoms with E-state index in [9.17, 15) is 4.39 Å². The fourth-order valence-electron chi connectivity index (χ4n) is 1.30. The van der Waals surface area contributed by atoms with Crippen molar-refractivity contribution in [3.63, 3.8) is 0 Å². The minimum absolute atomic E-state index is 0.183. The normalized spacial score (nSPS) is 9.83. The van der Waals surface area contributed by atoms with Crippen LogP contribution in [-0.4, -0.2) is 19.8 Å². The molecule has 0 fully saturated rings. The van der Waals surface area contributed by atoms with Crippen LogP contribution < -0.4 is 5.32 Å². The molecule has 0 spiro atoms. The van der Waals surface area contributed by atoms with E-state index in [1.54, 1.807) is 18.2 Å². The first kappa shape index (κ1) is 14.7. The smallest absolute Gasteiger partial charge is 0.161 e. The van der Waals surface area contributed by atoms with Gasteiger partial charge in [0.05, 0.1) is 28.9 Å². The summed E-state index contributed by atoms with van der Waals surface area (Å²) >= 11 is 3.05. The summed E-state index contributed by atoms with van der Waals surface area (Å²) in [4.78, 5) is 0. The second-order valence-electron chi connectivity index (χ2n) is 3.52. The molecule has 0 aliphatic carbocycles. The zero-order chi connectivity index (χ0) is 13.4. The van der Waals surface area contributed by atoms with Crippen molar-refractivity contribution < 1.29 is 9.13 Å². The lowest BCUT2D eigenvalue weighted by Gasteiger charge is -2.09. The summed E-state index contributed by atoms with van der Waals surface area (Å²) in [5, 5.41) is 11.7. The number of nitrogens with zero attached hydrogens (tertiary/aromatic N) is 1. The number of anilines is 1. The third-order valence-corrected chi connectivity index (χ3v) is 3.01. The maximum absolute atomic E-state index is 13.8. The Labute approximate surface area is 114 Å². The lowest BCUT2D eigenvalue weighted by molar-refractivity contribution is 0.149. The Balaban J connectivity index is 2.46. The van der Waals surface area contributed by atoms with Crippen molar-refractivity contribution in [2.75, 3.05) is 25.1 Å². The van der Waals surface area contributed by atoms with Gasteiger partial charge in [-0.25, -0.2) is 4.39 Å². The highest BCUT2D eigenvalue weighted by Crippen LogP contribution is 2.26. The van der Waals surface area contributed by atoms with Crippen LogP contribution in [0.1, 0.15) is 12.0 Å². The Morgan fingerprint density at radius 3 is 2.94 bits per heavy atom. The SMILES string of the molecule is C=CCCOCCNc1ccc(C#N)c(Br)c1F. The zero-order valence-electron chi connectivity index (χ0n) is 9.88. The second kappa shape index (κ2) is 7.85. The lowest BCUT2D eigenvalue weighted by atomic mass is 10.2. The van der Waals surface area contributed by atoms with Crippen molar-refractivity contribution in [1.82, 2.24) is 0 Å². The summed E-state index contributed by atoms with van der Waals surface area (Å²) in [5.74, 6) is -0.458. The molecule has 0 saturated heterocycles. The van der Waals surface area contributed by atoms with E-state index >= 15 is 0 Å². The van der Waals surface area contributed by atoms with E-state index in [-0.39, 0.29) is 10.0 Å². The summed E-state index contributed by atoms with van der Waals surface area (Å²) in [6, 6.07) is 5.01. The van der Waals surface area contributed by atoms with E-state index in [1.165, 1.54) is 0 Å². The first-order valence-corrected chi connectivity index (χ1v) is 6.30. The van der Waals surface area contributed by atoms with Crippen molar-refractivity contribution in [3.8, 4) is 6.07 Å². The molecule has 0 bridgehead atoms. The number of hydrogen-bond donors (Lipinski definition) is 1. The average Bonchev–Trinajstić information content (AvgIpc) is 2.38. The molecule has 1 aromatic carbocycles. The monoisotopic (exact) mass is 312 g/mol. The first-order valence-electron chi connectivity index (χ1n) is 5.51. The van der Waals surface area contributed by atoms with Gasteiger partial charge in [0.25, 0.3) is 0 Å². The van der Waals surface area contributed by atoms with Crippen LogP contribution in [0.4, 0.5) is 10.1 Å². The third kappa shape index (κ3) is 4.13. The molecular formula is C13H14BrFN2O. The maximum atomic E-state index is 13.8. The number of ether oxygens (including phenoxy) is 1. The molecule has 18 heavy (non-hydrogen) atoms. The summed E-state index contributed by atoms with van der Waals surface area (Å²) < 4.78 is 19.2. The second-order valence-corrected chi connectivity index (χ2v) is 4.31. The largest absolute Gasteiger partial charge is 0.380 e. The van der Waals surface area contributed by atoms with E-state index in [1.807, 2.05) is 6.07 Å². The van der Waals surface area contributed by atoms with E-state index < -0.39 is 5.82 Å². The fourth-order valence-corrected chi connectivity index (χ4v) is 1.73. The lowest BCUT2D eigenvalue weighted by Crippen LogP contribution is -2.11. The minimum atomic E-state index is -0.458. The van der Waals surface area contributed by atoms with Crippen molar-refractivity contribution >= 4 is 21.6 Å². The molecule has 0 heterocycles. The van der Waals surface area contributed by atoms with Crippen LogP contribution in [0, 0.1) is 17.1 Å². The Kier molecular flexibility index (Phi) is 6.40. The number of nitrogens with one attached hydrogen (secondary N) is 1. The highest BCUT2D eigenvalue weighted by Gasteiger charge is 2.10. The maximum Gasteiger partial charge on any atom is 0.161 e. The Bertz CT molecular complexity index is 457. The fraction of sp³-hybridized carbons (Fsp3) is 0.308. The van der Waals surface area contributed by atoms with Gasteiger partial charge in [-0.05, 0) is 34.5 Å². The molecule has 0 saturated carbocycles. The van der Waals surface area contributed by atoms with Crippen LogP contribution >= 0.6 is 15.9 Å². The molecule has 1 aromatic rings. The highest BCUT2D eigenvalue weighted by atomic mass is 79.9. The quantitative estimate of drug-likeness (QED) is 0.619. The highest BCUT2D eigenvalue weighted by molar-refractivity contribution is 9.10. The predicted molar refractivity (Wildman–Crippen MR) is 72.9 cm³/mol. The molecule has 0 aromatic heterocycles. The number of benzene rings is 1. The molecule has 0 aliphatic heterocycles. The molecular weight excluding hydrogens is 299 g/mol. The van der Waals surface area contributed by atoms with Gasteiger partial charge in [-0.15, -0.1) is 6.58 Å². The van der Waals surface area contributed by atoms with Gasteiger partial charge in [-0.3, -0.25) is 0 Å². The van der Waals surface area contributed by atoms with Crippen LogP contribution in [0.5, 0.6) is 0 Å². The number of halogens is 2. The zero-order valence-corrected chi connectivity index (χ0v) is 11.5. The molecule has 0 atom stereocenters.